The van der Waals surface area contributed by atoms with Crippen LogP contribution in [-0.2, 0) is 16.6 Å². The first-order valence-corrected chi connectivity index (χ1v) is 9.55. The second-order valence-electron chi connectivity index (χ2n) is 5.89. The molecule has 0 spiro atoms. The van der Waals surface area contributed by atoms with Crippen molar-refractivity contribution in [2.24, 2.45) is 0 Å². The van der Waals surface area contributed by atoms with E-state index in [1.165, 1.54) is 4.31 Å². The summed E-state index contributed by atoms with van der Waals surface area (Å²) in [5, 5.41) is 0. The summed E-state index contributed by atoms with van der Waals surface area (Å²) >= 11 is 0. The van der Waals surface area contributed by atoms with Gasteiger partial charge in [0.2, 0.25) is 10.0 Å². The lowest BCUT2D eigenvalue weighted by Gasteiger charge is -2.22. The van der Waals surface area contributed by atoms with Crippen LogP contribution in [0.25, 0.3) is 0 Å². The van der Waals surface area contributed by atoms with Crippen LogP contribution < -0.4 is 9.47 Å². The SMILES string of the molecule is CCN(Cc1ccc(OC)c(OC)c1)S(=O)(=O)c1cc(C)ccc1C. The van der Waals surface area contributed by atoms with E-state index in [0.717, 1.165) is 16.7 Å². The number of aryl methyl sites for hydroxylation is 2. The molecule has 0 radical (unpaired) electrons. The molecule has 0 saturated heterocycles. The standard InChI is InChI=1S/C19H25NO4S/c1-6-20(13-16-9-10-17(23-4)18(12-16)24-5)25(21,22)19-11-14(2)7-8-15(19)3/h7-12H,6,13H2,1-5H3. The molecule has 0 amide bonds. The molecule has 0 aliphatic rings. The Balaban J connectivity index is 2.38. The first-order chi connectivity index (χ1) is 11.8. The third kappa shape index (κ3) is 4.14. The molecular formula is C19H25NO4S. The molecule has 0 fully saturated rings. The summed E-state index contributed by atoms with van der Waals surface area (Å²) in [7, 11) is -0.445. The number of hydrogen-bond donors (Lipinski definition) is 0. The van der Waals surface area contributed by atoms with Crippen LogP contribution in [-0.4, -0.2) is 33.5 Å². The molecule has 0 unspecified atom stereocenters. The van der Waals surface area contributed by atoms with Gasteiger partial charge in [-0.25, -0.2) is 8.42 Å². The highest BCUT2D eigenvalue weighted by molar-refractivity contribution is 7.89. The van der Waals surface area contributed by atoms with E-state index in [1.807, 2.05) is 39.0 Å². The van der Waals surface area contributed by atoms with Gasteiger partial charge in [0.25, 0.3) is 0 Å². The van der Waals surface area contributed by atoms with E-state index in [2.05, 4.69) is 0 Å². The van der Waals surface area contributed by atoms with Crippen LogP contribution in [0.1, 0.15) is 23.6 Å². The Morgan fingerprint density at radius 1 is 0.960 bits per heavy atom. The lowest BCUT2D eigenvalue weighted by atomic mass is 10.2. The fraction of sp³-hybridized carbons (Fsp3) is 0.368. The molecule has 0 aliphatic carbocycles. The molecule has 2 aromatic carbocycles. The molecule has 136 valence electrons. The summed E-state index contributed by atoms with van der Waals surface area (Å²) in [6, 6.07) is 10.9. The average Bonchev–Trinajstić information content (AvgIpc) is 2.61. The molecule has 0 aromatic heterocycles. The minimum atomic E-state index is -3.58. The highest BCUT2D eigenvalue weighted by Gasteiger charge is 2.25. The van der Waals surface area contributed by atoms with Crippen LogP contribution in [0.4, 0.5) is 0 Å². The van der Waals surface area contributed by atoms with Crippen molar-refractivity contribution in [2.75, 3.05) is 20.8 Å². The quantitative estimate of drug-likeness (QED) is 0.755. The lowest BCUT2D eigenvalue weighted by molar-refractivity contribution is 0.353. The highest BCUT2D eigenvalue weighted by atomic mass is 32.2. The second kappa shape index (κ2) is 7.89. The first kappa shape index (κ1) is 19.3. The van der Waals surface area contributed by atoms with E-state index in [9.17, 15) is 8.42 Å². The molecule has 0 bridgehead atoms. The molecule has 0 atom stereocenters. The maximum atomic E-state index is 13.1. The lowest BCUT2D eigenvalue weighted by Crippen LogP contribution is -2.31. The maximum absolute atomic E-state index is 13.1. The van der Waals surface area contributed by atoms with Crippen LogP contribution in [0, 0.1) is 13.8 Å². The van der Waals surface area contributed by atoms with Gasteiger partial charge in [-0.1, -0.05) is 25.1 Å². The van der Waals surface area contributed by atoms with Crippen LogP contribution >= 0.6 is 0 Å². The van der Waals surface area contributed by atoms with Gasteiger partial charge in [-0.15, -0.1) is 0 Å². The number of nitrogens with zero attached hydrogens (tertiary/aromatic N) is 1. The van der Waals surface area contributed by atoms with Crippen LogP contribution in [0.2, 0.25) is 0 Å². The number of benzene rings is 2. The first-order valence-electron chi connectivity index (χ1n) is 8.11. The van der Waals surface area contributed by atoms with E-state index in [1.54, 1.807) is 32.4 Å². The monoisotopic (exact) mass is 363 g/mol. The summed E-state index contributed by atoms with van der Waals surface area (Å²) < 4.78 is 38.2. The molecule has 2 aromatic rings. The number of hydrogen-bond acceptors (Lipinski definition) is 4. The zero-order valence-corrected chi connectivity index (χ0v) is 16.2. The van der Waals surface area contributed by atoms with E-state index < -0.39 is 10.0 Å². The summed E-state index contributed by atoms with van der Waals surface area (Å²) in [6.07, 6.45) is 0. The average molecular weight is 363 g/mol. The van der Waals surface area contributed by atoms with Crippen molar-refractivity contribution in [3.63, 3.8) is 0 Å². The Kier molecular flexibility index (Phi) is 6.08. The van der Waals surface area contributed by atoms with Crippen molar-refractivity contribution in [3.05, 3.63) is 53.1 Å². The fourth-order valence-corrected chi connectivity index (χ4v) is 4.42. The van der Waals surface area contributed by atoms with Crippen molar-refractivity contribution in [1.29, 1.82) is 0 Å². The fourth-order valence-electron chi connectivity index (χ4n) is 2.67. The van der Waals surface area contributed by atoms with Gasteiger partial charge in [0, 0.05) is 13.1 Å². The number of ether oxygens (including phenoxy) is 2. The topological polar surface area (TPSA) is 55.8 Å². The molecule has 0 N–H and O–H groups in total. The molecule has 0 heterocycles. The minimum absolute atomic E-state index is 0.270. The molecule has 25 heavy (non-hydrogen) atoms. The zero-order valence-electron chi connectivity index (χ0n) is 15.4. The van der Waals surface area contributed by atoms with Gasteiger partial charge < -0.3 is 9.47 Å². The molecule has 5 nitrogen and oxygen atoms in total. The maximum Gasteiger partial charge on any atom is 0.243 e. The second-order valence-corrected chi connectivity index (χ2v) is 7.80. The van der Waals surface area contributed by atoms with Gasteiger partial charge in [-0.3, -0.25) is 0 Å². The molecule has 2 rings (SSSR count). The van der Waals surface area contributed by atoms with E-state index >= 15 is 0 Å². The van der Waals surface area contributed by atoms with Crippen molar-refractivity contribution in [3.8, 4) is 11.5 Å². The van der Waals surface area contributed by atoms with Gasteiger partial charge in [-0.2, -0.15) is 4.31 Å². The summed E-state index contributed by atoms with van der Waals surface area (Å²) in [6.45, 7) is 6.19. The number of methoxy groups -OCH3 is 2. The predicted octanol–water partition coefficient (Wildman–Crippen LogP) is 3.53. The Morgan fingerprint density at radius 2 is 1.64 bits per heavy atom. The van der Waals surface area contributed by atoms with Gasteiger partial charge in [0.1, 0.15) is 0 Å². The Morgan fingerprint density at radius 3 is 2.24 bits per heavy atom. The molecular weight excluding hydrogens is 338 g/mol. The molecule has 6 heteroatoms. The van der Waals surface area contributed by atoms with Gasteiger partial charge in [-0.05, 0) is 48.7 Å². The third-order valence-corrected chi connectivity index (χ3v) is 6.18. The minimum Gasteiger partial charge on any atom is -0.493 e. The molecule has 0 aliphatic heterocycles. The largest absolute Gasteiger partial charge is 0.493 e. The van der Waals surface area contributed by atoms with Crippen molar-refractivity contribution >= 4 is 10.0 Å². The van der Waals surface area contributed by atoms with Crippen molar-refractivity contribution in [2.45, 2.75) is 32.2 Å². The van der Waals surface area contributed by atoms with Crippen LogP contribution in [0.3, 0.4) is 0 Å². The third-order valence-electron chi connectivity index (χ3n) is 4.12. The Hall–Kier alpha value is -2.05. The highest BCUT2D eigenvalue weighted by Crippen LogP contribution is 2.29. The van der Waals surface area contributed by atoms with Crippen LogP contribution in [0.15, 0.2) is 41.3 Å². The van der Waals surface area contributed by atoms with E-state index in [4.69, 9.17) is 9.47 Å². The smallest absolute Gasteiger partial charge is 0.243 e. The van der Waals surface area contributed by atoms with Gasteiger partial charge >= 0.3 is 0 Å². The van der Waals surface area contributed by atoms with Gasteiger partial charge in [0.15, 0.2) is 11.5 Å². The summed E-state index contributed by atoms with van der Waals surface area (Å²) in [5.74, 6) is 1.20. The molecule has 0 saturated carbocycles. The summed E-state index contributed by atoms with van der Waals surface area (Å²) in [5.41, 5.74) is 2.51. The van der Waals surface area contributed by atoms with Crippen molar-refractivity contribution in [1.82, 2.24) is 4.31 Å². The Labute approximate surface area is 150 Å². The van der Waals surface area contributed by atoms with Crippen LogP contribution in [0.5, 0.6) is 11.5 Å². The Bertz CT molecular complexity index is 846. The summed E-state index contributed by atoms with van der Waals surface area (Å²) in [4.78, 5) is 0.356. The number of rotatable bonds is 7. The normalized spacial score (nSPS) is 11.6. The van der Waals surface area contributed by atoms with E-state index in [0.29, 0.717) is 22.9 Å². The van der Waals surface area contributed by atoms with E-state index in [-0.39, 0.29) is 6.54 Å². The van der Waals surface area contributed by atoms with Gasteiger partial charge in [0.05, 0.1) is 19.1 Å². The zero-order chi connectivity index (χ0) is 18.6. The predicted molar refractivity (Wildman–Crippen MR) is 98.7 cm³/mol. The van der Waals surface area contributed by atoms with Crippen molar-refractivity contribution < 1.29 is 17.9 Å². The number of sulfonamides is 1.